The van der Waals surface area contributed by atoms with E-state index in [0.29, 0.717) is 31.9 Å². The molecule has 0 bridgehead atoms. The molecule has 1 N–H and O–H groups in total. The number of carbonyl (C=O) groups excluding carboxylic acids is 2. The van der Waals surface area contributed by atoms with Crippen LogP contribution in [0.5, 0.6) is 0 Å². The van der Waals surface area contributed by atoms with Crippen molar-refractivity contribution in [2.24, 2.45) is 13.0 Å². The van der Waals surface area contributed by atoms with E-state index in [1.807, 2.05) is 9.80 Å². The molecule has 3 aliphatic heterocycles. The molecule has 3 fully saturated rings. The number of rotatable bonds is 2. The van der Waals surface area contributed by atoms with E-state index in [2.05, 4.69) is 5.10 Å². The Bertz CT molecular complexity index is 661. The molecule has 1 aromatic heterocycles. The van der Waals surface area contributed by atoms with Gasteiger partial charge in [0, 0.05) is 39.5 Å². The van der Waals surface area contributed by atoms with Gasteiger partial charge >= 0.3 is 0 Å². The van der Waals surface area contributed by atoms with Gasteiger partial charge in [0.25, 0.3) is 12.4 Å². The summed E-state index contributed by atoms with van der Waals surface area (Å²) in [5.74, 6) is 0.222. The molecule has 1 atom stereocenters. The topological polar surface area (TPSA) is 105 Å². The first-order valence-electron chi connectivity index (χ1n) is 8.26. The van der Waals surface area contributed by atoms with E-state index in [-0.39, 0.29) is 29.7 Å². The van der Waals surface area contributed by atoms with E-state index >= 15 is 0 Å². The van der Waals surface area contributed by atoms with Crippen molar-refractivity contribution in [3.63, 3.8) is 0 Å². The molecule has 1 aromatic rings. The number of hydrogen-bond donors (Lipinski definition) is 1. The van der Waals surface area contributed by atoms with Crippen LogP contribution in [0, 0.1) is 5.92 Å². The average Bonchev–Trinajstić information content (AvgIpc) is 3.16. The quantitative estimate of drug-likeness (QED) is 0.727. The summed E-state index contributed by atoms with van der Waals surface area (Å²) < 4.78 is 6.92. The maximum Gasteiger partial charge on any atom is 0.290 e. The van der Waals surface area contributed by atoms with Gasteiger partial charge < -0.3 is 19.6 Å². The third-order valence-corrected chi connectivity index (χ3v) is 5.13. The van der Waals surface area contributed by atoms with E-state index in [4.69, 9.17) is 14.6 Å². The van der Waals surface area contributed by atoms with E-state index < -0.39 is 0 Å². The SMILES string of the molecule is Cn1cc(C(=O)N2CCC23CN(C(=O)C2CCOC2)C3)cn1.O=CO. The number of aromatic nitrogens is 2. The van der Waals surface area contributed by atoms with Crippen LogP contribution in [-0.4, -0.2) is 81.4 Å². The monoisotopic (exact) mass is 350 g/mol. The van der Waals surface area contributed by atoms with Crippen molar-refractivity contribution >= 4 is 18.3 Å². The Morgan fingerprint density at radius 2 is 2.16 bits per heavy atom. The number of ether oxygens (including phenoxy) is 1. The highest BCUT2D eigenvalue weighted by molar-refractivity contribution is 5.95. The van der Waals surface area contributed by atoms with Gasteiger partial charge in [-0.3, -0.25) is 19.1 Å². The summed E-state index contributed by atoms with van der Waals surface area (Å²) in [4.78, 5) is 37.0. The molecule has 0 aliphatic carbocycles. The minimum absolute atomic E-state index is 0.0138. The van der Waals surface area contributed by atoms with Gasteiger partial charge in [0.1, 0.15) is 0 Å². The van der Waals surface area contributed by atoms with Crippen LogP contribution in [0.1, 0.15) is 23.2 Å². The van der Waals surface area contributed by atoms with Gasteiger partial charge in [-0.2, -0.15) is 5.10 Å². The molecule has 1 spiro atoms. The molecule has 136 valence electrons. The second kappa shape index (κ2) is 6.83. The minimum atomic E-state index is -0.250. The molecule has 1 unspecified atom stereocenters. The predicted octanol–water partition coefficient (Wildman–Crippen LogP) is -0.416. The van der Waals surface area contributed by atoms with Crippen molar-refractivity contribution in [3.8, 4) is 0 Å². The van der Waals surface area contributed by atoms with Crippen molar-refractivity contribution in [2.45, 2.75) is 18.4 Å². The fraction of sp³-hybridized carbons (Fsp3) is 0.625. The standard InChI is InChI=1S/C15H20N4O3.CH2O2/c1-17-7-12(6-16-17)14(21)19-4-3-15(19)9-18(10-15)13(20)11-2-5-22-8-11;2-1-3/h6-7,11H,2-5,8-10H2,1H3;1H,(H,2,3). The summed E-state index contributed by atoms with van der Waals surface area (Å²) in [5.41, 5.74) is 0.484. The molecule has 0 saturated carbocycles. The van der Waals surface area contributed by atoms with Gasteiger partial charge in [-0.15, -0.1) is 0 Å². The van der Waals surface area contributed by atoms with Gasteiger partial charge in [0.05, 0.1) is 29.8 Å². The molecule has 9 nitrogen and oxygen atoms in total. The lowest BCUT2D eigenvalue weighted by atomic mass is 9.76. The highest BCUT2D eigenvalue weighted by Crippen LogP contribution is 2.41. The summed E-state index contributed by atoms with van der Waals surface area (Å²) in [6.07, 6.45) is 5.14. The highest BCUT2D eigenvalue weighted by Gasteiger charge is 2.57. The van der Waals surface area contributed by atoms with Crippen molar-refractivity contribution < 1.29 is 24.2 Å². The van der Waals surface area contributed by atoms with Crippen LogP contribution in [-0.2, 0) is 21.4 Å². The van der Waals surface area contributed by atoms with Crippen molar-refractivity contribution in [3.05, 3.63) is 18.0 Å². The number of carbonyl (C=O) groups is 3. The van der Waals surface area contributed by atoms with E-state index in [1.165, 1.54) is 0 Å². The Kier molecular flexibility index (Phi) is 4.76. The molecule has 3 aliphatic rings. The maximum atomic E-state index is 12.5. The molecule has 4 heterocycles. The third kappa shape index (κ3) is 3.11. The average molecular weight is 350 g/mol. The normalized spacial score (nSPS) is 23.3. The third-order valence-electron chi connectivity index (χ3n) is 5.13. The number of hydrogen-bond acceptors (Lipinski definition) is 5. The highest BCUT2D eigenvalue weighted by atomic mass is 16.5. The fourth-order valence-electron chi connectivity index (χ4n) is 3.68. The van der Waals surface area contributed by atoms with Crippen molar-refractivity contribution in [1.29, 1.82) is 0 Å². The molecule has 25 heavy (non-hydrogen) atoms. The van der Waals surface area contributed by atoms with Crippen LogP contribution in [0.15, 0.2) is 12.4 Å². The van der Waals surface area contributed by atoms with Gasteiger partial charge in [-0.1, -0.05) is 0 Å². The van der Waals surface area contributed by atoms with E-state index in [1.54, 1.807) is 24.1 Å². The van der Waals surface area contributed by atoms with Crippen LogP contribution in [0.25, 0.3) is 0 Å². The van der Waals surface area contributed by atoms with E-state index in [9.17, 15) is 9.59 Å². The number of amides is 2. The smallest absolute Gasteiger partial charge is 0.290 e. The number of carboxylic acid groups (broad SMARTS) is 1. The predicted molar refractivity (Wildman–Crippen MR) is 85.8 cm³/mol. The van der Waals surface area contributed by atoms with Gasteiger partial charge in [-0.05, 0) is 12.8 Å². The molecule has 4 rings (SSSR count). The van der Waals surface area contributed by atoms with Crippen LogP contribution in [0.3, 0.4) is 0 Å². The second-order valence-electron chi connectivity index (χ2n) is 6.69. The fourth-order valence-corrected chi connectivity index (χ4v) is 3.68. The molecular weight excluding hydrogens is 328 g/mol. The summed E-state index contributed by atoms with van der Waals surface area (Å²) in [6, 6.07) is 0. The summed E-state index contributed by atoms with van der Waals surface area (Å²) in [7, 11) is 1.80. The lowest BCUT2D eigenvalue weighted by Crippen LogP contribution is -2.78. The largest absolute Gasteiger partial charge is 0.483 e. The maximum absolute atomic E-state index is 12.5. The zero-order valence-electron chi connectivity index (χ0n) is 14.1. The first kappa shape index (κ1) is 17.4. The Hall–Kier alpha value is -2.42. The Labute approximate surface area is 145 Å². The number of likely N-dealkylation sites (tertiary alicyclic amines) is 2. The number of nitrogens with zero attached hydrogens (tertiary/aromatic N) is 4. The van der Waals surface area contributed by atoms with Gasteiger partial charge in [0.2, 0.25) is 5.91 Å². The van der Waals surface area contributed by atoms with Crippen molar-refractivity contribution in [1.82, 2.24) is 19.6 Å². The van der Waals surface area contributed by atoms with Crippen molar-refractivity contribution in [2.75, 3.05) is 32.8 Å². The lowest BCUT2D eigenvalue weighted by molar-refractivity contribution is -0.158. The Balaban J connectivity index is 0.000000569. The molecule has 9 heteroatoms. The summed E-state index contributed by atoms with van der Waals surface area (Å²) >= 11 is 0. The molecule has 2 amide bonds. The minimum Gasteiger partial charge on any atom is -0.483 e. The van der Waals surface area contributed by atoms with Gasteiger partial charge in [0.15, 0.2) is 0 Å². The Morgan fingerprint density at radius 1 is 1.44 bits per heavy atom. The zero-order chi connectivity index (χ0) is 18.0. The first-order chi connectivity index (χ1) is 12.0. The van der Waals surface area contributed by atoms with Crippen LogP contribution in [0.4, 0.5) is 0 Å². The molecular formula is C16H22N4O5. The Morgan fingerprint density at radius 3 is 2.64 bits per heavy atom. The van der Waals surface area contributed by atoms with Gasteiger partial charge in [-0.25, -0.2) is 0 Å². The summed E-state index contributed by atoms with van der Waals surface area (Å²) in [6.45, 7) is 3.06. The number of aryl methyl sites for hydroxylation is 1. The molecule has 0 aromatic carbocycles. The van der Waals surface area contributed by atoms with Crippen LogP contribution in [0.2, 0.25) is 0 Å². The first-order valence-corrected chi connectivity index (χ1v) is 8.26. The second-order valence-corrected chi connectivity index (χ2v) is 6.69. The molecule has 0 radical (unpaired) electrons. The molecule has 3 saturated heterocycles. The van der Waals surface area contributed by atoms with E-state index in [0.717, 1.165) is 19.4 Å². The zero-order valence-corrected chi connectivity index (χ0v) is 14.1. The van der Waals surface area contributed by atoms with Crippen LogP contribution >= 0.6 is 0 Å². The lowest BCUT2D eigenvalue weighted by Gasteiger charge is -2.62. The van der Waals surface area contributed by atoms with Crippen LogP contribution < -0.4 is 0 Å². The summed E-state index contributed by atoms with van der Waals surface area (Å²) in [5, 5.41) is 10.9.